The number of rotatable bonds is 4. The molecule has 0 saturated heterocycles. The molecule has 0 fully saturated rings. The van der Waals surface area contributed by atoms with Gasteiger partial charge in [0.25, 0.3) is 0 Å². The van der Waals surface area contributed by atoms with E-state index >= 15 is 0 Å². The zero-order valence-corrected chi connectivity index (χ0v) is 11.1. The van der Waals surface area contributed by atoms with Crippen LogP contribution in [-0.2, 0) is 6.54 Å². The largest absolute Gasteiger partial charge is 0.464 e. The summed E-state index contributed by atoms with van der Waals surface area (Å²) in [7, 11) is 0. The van der Waals surface area contributed by atoms with Gasteiger partial charge >= 0.3 is 0 Å². The van der Waals surface area contributed by atoms with Gasteiger partial charge in [0.05, 0.1) is 6.26 Å². The van der Waals surface area contributed by atoms with Crippen molar-refractivity contribution in [3.8, 4) is 0 Å². The average molecular weight is 231 g/mol. The fourth-order valence-corrected chi connectivity index (χ4v) is 2.02. The predicted octanol–water partition coefficient (Wildman–Crippen LogP) is 3.80. The van der Waals surface area contributed by atoms with Crippen LogP contribution >= 0.6 is 0 Å². The van der Waals surface area contributed by atoms with Gasteiger partial charge in [-0.2, -0.15) is 0 Å². The third kappa shape index (κ3) is 2.52. The maximum absolute atomic E-state index is 5.68. The molecule has 0 radical (unpaired) electrons. The molecule has 2 aromatic rings. The van der Waals surface area contributed by atoms with Crippen LogP contribution in [0.5, 0.6) is 0 Å². The SMILES string of the molecule is Cc1ccc2c(CNCC(C)C)coc2c1C. The fourth-order valence-electron chi connectivity index (χ4n) is 2.02. The molecule has 2 heteroatoms. The number of aryl methyl sites for hydroxylation is 2. The Morgan fingerprint density at radius 3 is 2.71 bits per heavy atom. The Hall–Kier alpha value is -1.28. The topological polar surface area (TPSA) is 25.2 Å². The van der Waals surface area contributed by atoms with Crippen molar-refractivity contribution in [1.29, 1.82) is 0 Å². The molecule has 0 aliphatic rings. The lowest BCUT2D eigenvalue weighted by Gasteiger charge is -2.06. The maximum atomic E-state index is 5.68. The molecule has 1 aromatic heterocycles. The number of benzene rings is 1. The molecule has 0 spiro atoms. The van der Waals surface area contributed by atoms with Crippen LogP contribution in [0, 0.1) is 19.8 Å². The standard InChI is InChI=1S/C15H21NO/c1-10(2)7-16-8-13-9-17-15-12(4)11(3)5-6-14(13)15/h5-6,9-10,16H,7-8H2,1-4H3. The van der Waals surface area contributed by atoms with Crippen molar-refractivity contribution < 1.29 is 4.42 Å². The van der Waals surface area contributed by atoms with Gasteiger partial charge in [0.15, 0.2) is 0 Å². The summed E-state index contributed by atoms with van der Waals surface area (Å²) >= 11 is 0. The second kappa shape index (κ2) is 4.92. The lowest BCUT2D eigenvalue weighted by atomic mass is 10.1. The average Bonchev–Trinajstić information content (AvgIpc) is 2.67. The minimum Gasteiger partial charge on any atom is -0.464 e. The van der Waals surface area contributed by atoms with Crippen molar-refractivity contribution in [2.24, 2.45) is 5.92 Å². The summed E-state index contributed by atoms with van der Waals surface area (Å²) in [5.74, 6) is 0.678. The zero-order valence-electron chi connectivity index (χ0n) is 11.1. The normalized spacial score (nSPS) is 11.6. The van der Waals surface area contributed by atoms with Gasteiger partial charge in [0, 0.05) is 17.5 Å². The van der Waals surface area contributed by atoms with E-state index in [0.29, 0.717) is 5.92 Å². The van der Waals surface area contributed by atoms with Gasteiger partial charge in [-0.1, -0.05) is 26.0 Å². The van der Waals surface area contributed by atoms with Gasteiger partial charge in [-0.3, -0.25) is 0 Å². The third-order valence-corrected chi connectivity index (χ3v) is 3.21. The molecule has 2 nitrogen and oxygen atoms in total. The number of hydrogen-bond acceptors (Lipinski definition) is 2. The molecule has 0 unspecified atom stereocenters. The van der Waals surface area contributed by atoms with Gasteiger partial charge in [-0.25, -0.2) is 0 Å². The quantitative estimate of drug-likeness (QED) is 0.866. The first-order valence-electron chi connectivity index (χ1n) is 6.26. The summed E-state index contributed by atoms with van der Waals surface area (Å²) in [5, 5.41) is 4.69. The van der Waals surface area contributed by atoms with Crippen molar-refractivity contribution in [1.82, 2.24) is 5.32 Å². The molecular formula is C15H21NO. The second-order valence-corrected chi connectivity index (χ2v) is 5.17. The minimum absolute atomic E-state index is 0.678. The highest BCUT2D eigenvalue weighted by Crippen LogP contribution is 2.26. The monoisotopic (exact) mass is 231 g/mol. The molecule has 1 aromatic carbocycles. The summed E-state index contributed by atoms with van der Waals surface area (Å²) in [6.45, 7) is 10.6. The number of fused-ring (bicyclic) bond motifs is 1. The van der Waals surface area contributed by atoms with E-state index in [-0.39, 0.29) is 0 Å². The molecule has 17 heavy (non-hydrogen) atoms. The number of hydrogen-bond donors (Lipinski definition) is 1. The van der Waals surface area contributed by atoms with E-state index in [1.165, 1.54) is 22.1 Å². The van der Waals surface area contributed by atoms with E-state index in [4.69, 9.17) is 4.42 Å². The van der Waals surface area contributed by atoms with E-state index in [1.807, 2.05) is 6.26 Å². The van der Waals surface area contributed by atoms with Crippen LogP contribution in [0.4, 0.5) is 0 Å². The molecule has 0 amide bonds. The van der Waals surface area contributed by atoms with Crippen molar-refractivity contribution in [3.63, 3.8) is 0 Å². The summed E-state index contributed by atoms with van der Waals surface area (Å²) in [6, 6.07) is 4.33. The highest BCUT2D eigenvalue weighted by atomic mass is 16.3. The Balaban J connectivity index is 2.22. The smallest absolute Gasteiger partial charge is 0.137 e. The molecule has 1 N–H and O–H groups in total. The zero-order chi connectivity index (χ0) is 12.4. The fraction of sp³-hybridized carbons (Fsp3) is 0.467. The van der Waals surface area contributed by atoms with Gasteiger partial charge < -0.3 is 9.73 Å². The molecule has 0 aliphatic heterocycles. The van der Waals surface area contributed by atoms with Gasteiger partial charge in [0.2, 0.25) is 0 Å². The van der Waals surface area contributed by atoms with E-state index in [0.717, 1.165) is 18.7 Å². The summed E-state index contributed by atoms with van der Waals surface area (Å²) in [4.78, 5) is 0. The molecule has 0 aliphatic carbocycles. The Labute approximate surface area is 103 Å². The predicted molar refractivity (Wildman–Crippen MR) is 72.2 cm³/mol. The minimum atomic E-state index is 0.678. The number of nitrogens with one attached hydrogen (secondary N) is 1. The summed E-state index contributed by atoms with van der Waals surface area (Å²) in [6.07, 6.45) is 1.88. The van der Waals surface area contributed by atoms with Crippen molar-refractivity contribution in [3.05, 3.63) is 35.1 Å². The Bertz CT molecular complexity index is 511. The van der Waals surface area contributed by atoms with Crippen molar-refractivity contribution in [2.75, 3.05) is 6.54 Å². The summed E-state index contributed by atoms with van der Waals surface area (Å²) < 4.78 is 5.68. The van der Waals surface area contributed by atoms with Crippen LogP contribution in [-0.4, -0.2) is 6.54 Å². The first kappa shape index (κ1) is 12.2. The lowest BCUT2D eigenvalue weighted by Crippen LogP contribution is -2.18. The Morgan fingerprint density at radius 1 is 1.24 bits per heavy atom. The van der Waals surface area contributed by atoms with Crippen molar-refractivity contribution in [2.45, 2.75) is 34.2 Å². The van der Waals surface area contributed by atoms with Gasteiger partial charge in [0.1, 0.15) is 5.58 Å². The van der Waals surface area contributed by atoms with Gasteiger partial charge in [-0.15, -0.1) is 0 Å². The molecule has 92 valence electrons. The molecule has 0 saturated carbocycles. The van der Waals surface area contributed by atoms with Crippen LogP contribution < -0.4 is 5.32 Å². The maximum Gasteiger partial charge on any atom is 0.137 e. The highest BCUT2D eigenvalue weighted by molar-refractivity contribution is 5.84. The first-order chi connectivity index (χ1) is 8.09. The van der Waals surface area contributed by atoms with Crippen LogP contribution in [0.2, 0.25) is 0 Å². The van der Waals surface area contributed by atoms with Gasteiger partial charge in [-0.05, 0) is 37.4 Å². The van der Waals surface area contributed by atoms with Crippen LogP contribution in [0.15, 0.2) is 22.8 Å². The second-order valence-electron chi connectivity index (χ2n) is 5.17. The van der Waals surface area contributed by atoms with Crippen LogP contribution in [0.3, 0.4) is 0 Å². The third-order valence-electron chi connectivity index (χ3n) is 3.21. The van der Waals surface area contributed by atoms with Crippen molar-refractivity contribution >= 4 is 11.0 Å². The van der Waals surface area contributed by atoms with Crippen LogP contribution in [0.1, 0.15) is 30.5 Å². The molecule has 2 rings (SSSR count). The first-order valence-corrected chi connectivity index (χ1v) is 6.26. The number of furan rings is 1. The van der Waals surface area contributed by atoms with E-state index in [9.17, 15) is 0 Å². The molecule has 0 bridgehead atoms. The van der Waals surface area contributed by atoms with E-state index < -0.39 is 0 Å². The van der Waals surface area contributed by atoms with E-state index in [1.54, 1.807) is 0 Å². The highest BCUT2D eigenvalue weighted by Gasteiger charge is 2.09. The molecular weight excluding hydrogens is 210 g/mol. The van der Waals surface area contributed by atoms with Crippen LogP contribution in [0.25, 0.3) is 11.0 Å². The Kier molecular flexibility index (Phi) is 3.53. The Morgan fingerprint density at radius 2 is 2.00 bits per heavy atom. The molecule has 0 atom stereocenters. The van der Waals surface area contributed by atoms with E-state index in [2.05, 4.69) is 45.1 Å². The molecule has 1 heterocycles. The lowest BCUT2D eigenvalue weighted by molar-refractivity contribution is 0.546. The summed E-state index contributed by atoms with van der Waals surface area (Å²) in [5.41, 5.74) is 4.82.